The predicted octanol–water partition coefficient (Wildman–Crippen LogP) is 3.53. The summed E-state index contributed by atoms with van der Waals surface area (Å²) in [6.07, 6.45) is 1.98. The van der Waals surface area contributed by atoms with Gasteiger partial charge in [0.2, 0.25) is 11.2 Å². The summed E-state index contributed by atoms with van der Waals surface area (Å²) in [6, 6.07) is 13.5. The Morgan fingerprint density at radius 3 is 2.48 bits per heavy atom. The van der Waals surface area contributed by atoms with Crippen molar-refractivity contribution >= 4 is 25.1 Å². The summed E-state index contributed by atoms with van der Waals surface area (Å²) in [7, 11) is 1.78. The maximum absolute atomic E-state index is 14.1. The number of rotatable bonds is 4. The lowest BCUT2D eigenvalue weighted by Gasteiger charge is -2.12. The minimum absolute atomic E-state index is 0.0104. The standard InChI is InChI=1S/C19H16BFO3S/c1-11-9-16(22)19(24-17-8-5-13(20)10-15(17)21)18(23-11)12-3-6-14(25-2)7-4-12/h3-10H,20H2,1-2H3. The van der Waals surface area contributed by atoms with Crippen LogP contribution in [0.1, 0.15) is 5.76 Å². The molecular weight excluding hydrogens is 338 g/mol. The molecule has 0 aliphatic carbocycles. The van der Waals surface area contributed by atoms with Crippen LogP contribution in [0.4, 0.5) is 4.39 Å². The fraction of sp³-hybridized carbons (Fsp3) is 0.105. The highest BCUT2D eigenvalue weighted by Gasteiger charge is 2.17. The number of aryl methyl sites for hydroxylation is 1. The Balaban J connectivity index is 2.10. The van der Waals surface area contributed by atoms with E-state index in [9.17, 15) is 9.18 Å². The maximum atomic E-state index is 14.1. The van der Waals surface area contributed by atoms with Crippen molar-refractivity contribution in [2.75, 3.05) is 6.26 Å². The number of benzene rings is 2. The van der Waals surface area contributed by atoms with Crippen LogP contribution in [-0.2, 0) is 0 Å². The van der Waals surface area contributed by atoms with Crippen LogP contribution in [0.25, 0.3) is 11.3 Å². The second-order valence-electron chi connectivity index (χ2n) is 5.64. The number of ether oxygens (including phenoxy) is 1. The Morgan fingerprint density at radius 2 is 1.84 bits per heavy atom. The summed E-state index contributed by atoms with van der Waals surface area (Å²) in [5.41, 5.74) is 1.11. The highest BCUT2D eigenvalue weighted by molar-refractivity contribution is 7.98. The zero-order valence-electron chi connectivity index (χ0n) is 14.1. The van der Waals surface area contributed by atoms with Crippen LogP contribution in [0, 0.1) is 12.7 Å². The van der Waals surface area contributed by atoms with Gasteiger partial charge >= 0.3 is 0 Å². The van der Waals surface area contributed by atoms with E-state index >= 15 is 0 Å². The lowest BCUT2D eigenvalue weighted by Crippen LogP contribution is -2.08. The third-order valence-corrected chi connectivity index (χ3v) is 4.42. The lowest BCUT2D eigenvalue weighted by molar-refractivity contribution is 0.415. The molecule has 0 bridgehead atoms. The molecule has 0 unspecified atom stereocenters. The van der Waals surface area contributed by atoms with Gasteiger partial charge in [0.15, 0.2) is 17.3 Å². The van der Waals surface area contributed by atoms with Gasteiger partial charge in [0.1, 0.15) is 13.6 Å². The first kappa shape index (κ1) is 17.4. The molecule has 3 aromatic rings. The summed E-state index contributed by atoms with van der Waals surface area (Å²) < 4.78 is 25.5. The average molecular weight is 354 g/mol. The molecule has 0 saturated heterocycles. The van der Waals surface area contributed by atoms with Gasteiger partial charge in [-0.05, 0) is 49.6 Å². The van der Waals surface area contributed by atoms with Gasteiger partial charge < -0.3 is 9.15 Å². The van der Waals surface area contributed by atoms with Crippen LogP contribution in [-0.4, -0.2) is 14.1 Å². The summed E-state index contributed by atoms with van der Waals surface area (Å²) >= 11 is 1.62. The third kappa shape index (κ3) is 3.79. The molecule has 0 aliphatic heterocycles. The van der Waals surface area contributed by atoms with E-state index in [4.69, 9.17) is 9.15 Å². The molecule has 0 spiro atoms. The number of thioether (sulfide) groups is 1. The van der Waals surface area contributed by atoms with E-state index < -0.39 is 5.82 Å². The van der Waals surface area contributed by atoms with Crippen molar-refractivity contribution in [1.82, 2.24) is 0 Å². The molecule has 25 heavy (non-hydrogen) atoms. The molecule has 0 saturated carbocycles. The third-order valence-electron chi connectivity index (χ3n) is 3.68. The van der Waals surface area contributed by atoms with E-state index in [-0.39, 0.29) is 22.7 Å². The molecule has 0 atom stereocenters. The highest BCUT2D eigenvalue weighted by Crippen LogP contribution is 2.33. The van der Waals surface area contributed by atoms with Gasteiger partial charge in [-0.25, -0.2) is 4.39 Å². The van der Waals surface area contributed by atoms with Crippen molar-refractivity contribution in [3.63, 3.8) is 0 Å². The largest absolute Gasteiger partial charge is 0.457 e. The molecule has 3 nitrogen and oxygen atoms in total. The number of hydrogen-bond donors (Lipinski definition) is 0. The Bertz CT molecular complexity index is 967. The fourth-order valence-electron chi connectivity index (χ4n) is 2.43. The van der Waals surface area contributed by atoms with Gasteiger partial charge in [-0.1, -0.05) is 11.5 Å². The van der Waals surface area contributed by atoms with E-state index in [1.807, 2.05) is 30.5 Å². The molecule has 6 heteroatoms. The smallest absolute Gasteiger partial charge is 0.228 e. The van der Waals surface area contributed by atoms with E-state index in [1.54, 1.807) is 32.6 Å². The van der Waals surface area contributed by atoms with Gasteiger partial charge in [-0.2, -0.15) is 0 Å². The molecule has 1 aromatic heterocycles. The molecule has 0 amide bonds. The van der Waals surface area contributed by atoms with Crippen molar-refractivity contribution in [3.05, 3.63) is 70.3 Å². The molecule has 3 rings (SSSR count). The number of hydrogen-bond acceptors (Lipinski definition) is 4. The SMILES string of the molecule is Bc1ccc(Oc2c(-c3ccc(SC)cc3)oc(C)cc2=O)c(F)c1. The monoisotopic (exact) mass is 354 g/mol. The summed E-state index contributed by atoms with van der Waals surface area (Å²) in [5, 5.41) is 0. The molecule has 0 aliphatic rings. The fourth-order valence-corrected chi connectivity index (χ4v) is 2.83. The first-order valence-electron chi connectivity index (χ1n) is 7.71. The first-order valence-corrected chi connectivity index (χ1v) is 8.93. The average Bonchev–Trinajstić information content (AvgIpc) is 2.59. The van der Waals surface area contributed by atoms with E-state index in [0.717, 1.165) is 10.4 Å². The molecule has 1 heterocycles. The lowest BCUT2D eigenvalue weighted by atomic mass is 9.96. The molecular formula is C19H16BFO3S. The molecule has 126 valence electrons. The minimum atomic E-state index is -0.524. The predicted molar refractivity (Wildman–Crippen MR) is 102 cm³/mol. The molecule has 0 fully saturated rings. The highest BCUT2D eigenvalue weighted by atomic mass is 32.2. The molecule has 0 N–H and O–H groups in total. The Hall–Kier alpha value is -2.47. The van der Waals surface area contributed by atoms with Gasteiger partial charge in [0, 0.05) is 16.5 Å². The van der Waals surface area contributed by atoms with E-state index in [1.165, 1.54) is 18.2 Å². The van der Waals surface area contributed by atoms with Gasteiger partial charge in [0.05, 0.1) is 0 Å². The quantitative estimate of drug-likeness (QED) is 0.531. The normalized spacial score (nSPS) is 10.7. The number of halogens is 1. The van der Waals surface area contributed by atoms with Gasteiger partial charge in [0.25, 0.3) is 0 Å². The minimum Gasteiger partial charge on any atom is -0.457 e. The van der Waals surface area contributed by atoms with Crippen LogP contribution in [0.2, 0.25) is 0 Å². The van der Waals surface area contributed by atoms with E-state index in [0.29, 0.717) is 11.3 Å². The van der Waals surface area contributed by atoms with Crippen molar-refractivity contribution in [1.29, 1.82) is 0 Å². The van der Waals surface area contributed by atoms with Crippen LogP contribution in [0.3, 0.4) is 0 Å². The van der Waals surface area contributed by atoms with Crippen molar-refractivity contribution in [3.8, 4) is 22.8 Å². The topological polar surface area (TPSA) is 39.4 Å². The van der Waals surface area contributed by atoms with Crippen molar-refractivity contribution in [2.45, 2.75) is 11.8 Å². The molecule has 0 radical (unpaired) electrons. The second kappa shape index (κ2) is 7.19. The Morgan fingerprint density at radius 1 is 1.12 bits per heavy atom. The second-order valence-corrected chi connectivity index (χ2v) is 6.52. The van der Waals surface area contributed by atoms with Crippen molar-refractivity contribution in [2.24, 2.45) is 0 Å². The van der Waals surface area contributed by atoms with Crippen LogP contribution >= 0.6 is 11.8 Å². The molecule has 2 aromatic carbocycles. The van der Waals surface area contributed by atoms with Crippen LogP contribution in [0.5, 0.6) is 11.5 Å². The summed E-state index contributed by atoms with van der Waals surface area (Å²) in [4.78, 5) is 13.5. The zero-order chi connectivity index (χ0) is 18.0. The summed E-state index contributed by atoms with van der Waals surface area (Å²) in [6.45, 7) is 1.69. The Kier molecular flexibility index (Phi) is 4.99. The van der Waals surface area contributed by atoms with Gasteiger partial charge in [-0.15, -0.1) is 11.8 Å². The first-order chi connectivity index (χ1) is 12.0. The Labute approximate surface area is 150 Å². The summed E-state index contributed by atoms with van der Waals surface area (Å²) in [5.74, 6) is 0.195. The van der Waals surface area contributed by atoms with Gasteiger partial charge in [-0.3, -0.25) is 4.79 Å². The van der Waals surface area contributed by atoms with Crippen molar-refractivity contribution < 1.29 is 13.5 Å². The zero-order valence-corrected chi connectivity index (χ0v) is 14.9. The van der Waals surface area contributed by atoms with Crippen LogP contribution < -0.4 is 15.6 Å². The van der Waals surface area contributed by atoms with E-state index in [2.05, 4.69) is 0 Å². The van der Waals surface area contributed by atoms with Crippen LogP contribution in [0.15, 0.2) is 62.6 Å². The maximum Gasteiger partial charge on any atom is 0.228 e.